The normalized spacial score (nSPS) is 12.5. The fourth-order valence-corrected chi connectivity index (χ4v) is 2.64. The maximum absolute atomic E-state index is 11.1. The second kappa shape index (κ2) is 5.67. The van der Waals surface area contributed by atoms with Gasteiger partial charge in [-0.05, 0) is 19.1 Å². The summed E-state index contributed by atoms with van der Waals surface area (Å²) >= 11 is 0. The molecule has 1 N–H and O–H groups in total. The van der Waals surface area contributed by atoms with E-state index in [2.05, 4.69) is 5.32 Å². The van der Waals surface area contributed by atoms with Crippen LogP contribution in [0.3, 0.4) is 0 Å². The molecule has 1 unspecified atom stereocenters. The first-order chi connectivity index (χ1) is 8.73. The summed E-state index contributed by atoms with van der Waals surface area (Å²) < 4.78 is 22.2. The van der Waals surface area contributed by atoms with Crippen molar-refractivity contribution in [2.75, 3.05) is 17.3 Å². The van der Waals surface area contributed by atoms with E-state index in [1.165, 1.54) is 18.2 Å². The molecule has 0 fully saturated rings. The summed E-state index contributed by atoms with van der Waals surface area (Å²) in [6.45, 7) is 1.66. The highest BCUT2D eigenvalue weighted by Crippen LogP contribution is 2.23. The van der Waals surface area contributed by atoms with Crippen LogP contribution in [0.25, 0.3) is 0 Å². The van der Waals surface area contributed by atoms with Crippen LogP contribution in [-0.4, -0.2) is 31.4 Å². The smallest absolute Gasteiger partial charge is 0.289 e. The van der Waals surface area contributed by atoms with E-state index >= 15 is 0 Å². The molecule has 0 aromatic heterocycles. The minimum atomic E-state index is -3.13. The van der Waals surface area contributed by atoms with E-state index in [1.807, 2.05) is 0 Å². The summed E-state index contributed by atoms with van der Waals surface area (Å²) in [7, 11) is -3.13. The number of nitriles is 1. The first kappa shape index (κ1) is 14.9. The van der Waals surface area contributed by atoms with Gasteiger partial charge in [-0.2, -0.15) is 5.26 Å². The van der Waals surface area contributed by atoms with Crippen molar-refractivity contribution in [3.63, 3.8) is 0 Å². The number of nitrogens with zero attached hydrogens (tertiary/aromatic N) is 2. The highest BCUT2D eigenvalue weighted by molar-refractivity contribution is 7.90. The zero-order chi connectivity index (χ0) is 14.6. The van der Waals surface area contributed by atoms with Crippen molar-refractivity contribution < 1.29 is 13.3 Å². The molecule has 0 radical (unpaired) electrons. The Morgan fingerprint density at radius 3 is 2.63 bits per heavy atom. The van der Waals surface area contributed by atoms with Crippen molar-refractivity contribution in [2.24, 2.45) is 0 Å². The van der Waals surface area contributed by atoms with Gasteiger partial charge in [-0.3, -0.25) is 10.1 Å². The SMILES string of the molecule is CC(CS(C)(=O)=O)Nc1ccc(C#N)c([N+](=O)[O-])c1. The van der Waals surface area contributed by atoms with Gasteiger partial charge in [0.2, 0.25) is 0 Å². The molecule has 0 amide bonds. The van der Waals surface area contributed by atoms with Crippen LogP contribution in [0.1, 0.15) is 12.5 Å². The third kappa shape index (κ3) is 4.56. The Kier molecular flexibility index (Phi) is 4.45. The van der Waals surface area contributed by atoms with Gasteiger partial charge in [-0.15, -0.1) is 0 Å². The van der Waals surface area contributed by atoms with E-state index in [-0.39, 0.29) is 23.0 Å². The van der Waals surface area contributed by atoms with Crippen LogP contribution in [0.15, 0.2) is 18.2 Å². The van der Waals surface area contributed by atoms with Crippen LogP contribution in [0.2, 0.25) is 0 Å². The number of nitrogens with one attached hydrogen (secondary N) is 1. The van der Waals surface area contributed by atoms with E-state index < -0.39 is 14.8 Å². The molecule has 1 aromatic carbocycles. The van der Waals surface area contributed by atoms with E-state index in [1.54, 1.807) is 13.0 Å². The molecule has 0 heterocycles. The van der Waals surface area contributed by atoms with Gasteiger partial charge >= 0.3 is 0 Å². The van der Waals surface area contributed by atoms with Crippen LogP contribution in [-0.2, 0) is 9.84 Å². The molecule has 1 atom stereocenters. The van der Waals surface area contributed by atoms with E-state index in [0.29, 0.717) is 5.69 Å². The standard InChI is InChI=1S/C11H13N3O4S/c1-8(7-19(2,17)18)13-10-4-3-9(6-12)11(5-10)14(15)16/h3-5,8,13H,7H2,1-2H3. The van der Waals surface area contributed by atoms with Crippen LogP contribution in [0, 0.1) is 21.4 Å². The molecule has 0 aliphatic carbocycles. The number of hydrogen-bond acceptors (Lipinski definition) is 6. The van der Waals surface area contributed by atoms with Gasteiger partial charge < -0.3 is 5.32 Å². The highest BCUT2D eigenvalue weighted by atomic mass is 32.2. The van der Waals surface area contributed by atoms with E-state index in [9.17, 15) is 18.5 Å². The second-order valence-corrected chi connectivity index (χ2v) is 6.42. The molecule has 0 saturated heterocycles. The Bertz CT molecular complexity index is 634. The molecule has 0 aliphatic heterocycles. The van der Waals surface area contributed by atoms with E-state index in [4.69, 9.17) is 5.26 Å². The molecule has 0 saturated carbocycles. The lowest BCUT2D eigenvalue weighted by Gasteiger charge is -2.14. The maximum atomic E-state index is 11.1. The fourth-order valence-electron chi connectivity index (χ4n) is 1.65. The third-order valence-corrected chi connectivity index (χ3v) is 3.39. The lowest BCUT2D eigenvalue weighted by Crippen LogP contribution is -2.25. The van der Waals surface area contributed by atoms with E-state index in [0.717, 1.165) is 6.26 Å². The quantitative estimate of drug-likeness (QED) is 0.643. The maximum Gasteiger partial charge on any atom is 0.289 e. The van der Waals surface area contributed by atoms with Crippen molar-refractivity contribution in [1.82, 2.24) is 0 Å². The summed E-state index contributed by atoms with van der Waals surface area (Å²) in [5, 5.41) is 22.4. The molecule has 0 bridgehead atoms. The molecule has 0 aliphatic rings. The van der Waals surface area contributed by atoms with Crippen molar-refractivity contribution >= 4 is 21.2 Å². The van der Waals surface area contributed by atoms with Crippen LogP contribution in [0.5, 0.6) is 0 Å². The average Bonchev–Trinajstić information content (AvgIpc) is 2.26. The average molecular weight is 283 g/mol. The molecular formula is C11H13N3O4S. The molecular weight excluding hydrogens is 270 g/mol. The van der Waals surface area contributed by atoms with Gasteiger partial charge in [0.1, 0.15) is 21.5 Å². The van der Waals surface area contributed by atoms with Gasteiger partial charge in [0.05, 0.1) is 10.7 Å². The first-order valence-corrected chi connectivity index (χ1v) is 7.42. The van der Waals surface area contributed by atoms with Crippen molar-refractivity contribution in [3.8, 4) is 6.07 Å². The minimum Gasteiger partial charge on any atom is -0.381 e. The molecule has 7 nitrogen and oxygen atoms in total. The largest absolute Gasteiger partial charge is 0.381 e. The first-order valence-electron chi connectivity index (χ1n) is 5.35. The minimum absolute atomic E-state index is 0.0358. The second-order valence-electron chi connectivity index (χ2n) is 4.24. The summed E-state index contributed by atoms with van der Waals surface area (Å²) in [5.74, 6) is -0.0825. The number of sulfone groups is 1. The topological polar surface area (TPSA) is 113 Å². The van der Waals surface area contributed by atoms with Crippen molar-refractivity contribution in [2.45, 2.75) is 13.0 Å². The number of benzene rings is 1. The van der Waals surface area contributed by atoms with Crippen molar-refractivity contribution in [3.05, 3.63) is 33.9 Å². The molecule has 8 heteroatoms. The highest BCUT2D eigenvalue weighted by Gasteiger charge is 2.16. The molecule has 102 valence electrons. The van der Waals surface area contributed by atoms with Gasteiger partial charge in [-0.1, -0.05) is 0 Å². The van der Waals surface area contributed by atoms with Gasteiger partial charge in [0.15, 0.2) is 0 Å². The lowest BCUT2D eigenvalue weighted by molar-refractivity contribution is -0.385. The molecule has 0 spiro atoms. The lowest BCUT2D eigenvalue weighted by atomic mass is 10.1. The summed E-state index contributed by atoms with van der Waals surface area (Å²) in [5.41, 5.74) is 0.0622. The number of nitro groups is 1. The Labute approximate surface area is 110 Å². The summed E-state index contributed by atoms with van der Waals surface area (Å²) in [6.07, 6.45) is 1.12. The monoisotopic (exact) mass is 283 g/mol. The molecule has 1 rings (SSSR count). The molecule has 1 aromatic rings. The predicted octanol–water partition coefficient (Wildman–Crippen LogP) is 1.31. The van der Waals surface area contributed by atoms with Crippen LogP contribution < -0.4 is 5.32 Å². The van der Waals surface area contributed by atoms with Gasteiger partial charge in [-0.25, -0.2) is 8.42 Å². The van der Waals surface area contributed by atoms with Crippen molar-refractivity contribution in [1.29, 1.82) is 5.26 Å². The number of hydrogen-bond donors (Lipinski definition) is 1. The van der Waals surface area contributed by atoms with Crippen LogP contribution in [0.4, 0.5) is 11.4 Å². The predicted molar refractivity (Wildman–Crippen MR) is 70.6 cm³/mol. The fraction of sp³-hybridized carbons (Fsp3) is 0.364. The molecule has 19 heavy (non-hydrogen) atoms. The zero-order valence-corrected chi connectivity index (χ0v) is 11.3. The Morgan fingerprint density at radius 2 is 2.16 bits per heavy atom. The van der Waals surface area contributed by atoms with Gasteiger partial charge in [0.25, 0.3) is 5.69 Å². The van der Waals surface area contributed by atoms with Gasteiger partial charge in [0, 0.05) is 24.1 Å². The van der Waals surface area contributed by atoms with Crippen LogP contribution >= 0.6 is 0 Å². The number of nitro benzene ring substituents is 1. The number of anilines is 1. The summed E-state index contributed by atoms with van der Waals surface area (Å²) in [4.78, 5) is 10.1. The zero-order valence-electron chi connectivity index (χ0n) is 10.5. The summed E-state index contributed by atoms with van der Waals surface area (Å²) in [6, 6.07) is 5.39. The third-order valence-electron chi connectivity index (χ3n) is 2.28. The Balaban J connectivity index is 2.95. The Morgan fingerprint density at radius 1 is 1.53 bits per heavy atom. The Hall–Kier alpha value is -2.14. The number of rotatable bonds is 5.